The van der Waals surface area contributed by atoms with E-state index in [0.717, 1.165) is 6.54 Å². The minimum absolute atomic E-state index is 0. The molecule has 6 nitrogen and oxygen atoms in total. The highest BCUT2D eigenvalue weighted by Crippen LogP contribution is 2.25. The number of halogens is 1. The Labute approximate surface area is 138 Å². The number of rotatable bonds is 6. The van der Waals surface area contributed by atoms with Crippen LogP contribution in [0.25, 0.3) is 0 Å². The van der Waals surface area contributed by atoms with Gasteiger partial charge in [0.25, 0.3) is 5.91 Å². The van der Waals surface area contributed by atoms with Gasteiger partial charge in [-0.3, -0.25) is 9.59 Å². The largest absolute Gasteiger partial charge is 0.366 e. The summed E-state index contributed by atoms with van der Waals surface area (Å²) >= 11 is 0. The van der Waals surface area contributed by atoms with Crippen LogP contribution in [-0.2, 0) is 14.3 Å². The Morgan fingerprint density at radius 2 is 1.82 bits per heavy atom. The second-order valence-electron chi connectivity index (χ2n) is 5.91. The average molecular weight is 334 g/mol. The molecule has 0 radical (unpaired) electrons. The summed E-state index contributed by atoms with van der Waals surface area (Å²) in [6.45, 7) is 2.85. The molecule has 2 aliphatic rings. The van der Waals surface area contributed by atoms with Gasteiger partial charge in [-0.05, 0) is 18.8 Å². The summed E-state index contributed by atoms with van der Waals surface area (Å²) in [5.41, 5.74) is 0. The second-order valence-corrected chi connectivity index (χ2v) is 5.91. The van der Waals surface area contributed by atoms with Gasteiger partial charge in [-0.25, -0.2) is 0 Å². The van der Waals surface area contributed by atoms with E-state index in [1.54, 1.807) is 0 Å². The molecular weight excluding hydrogens is 306 g/mol. The molecule has 1 aliphatic heterocycles. The molecule has 1 heterocycles. The van der Waals surface area contributed by atoms with Crippen molar-refractivity contribution >= 4 is 24.2 Å². The summed E-state index contributed by atoms with van der Waals surface area (Å²) in [6.07, 6.45) is 6.39. The molecule has 0 aromatic heterocycles. The molecule has 1 atom stereocenters. The van der Waals surface area contributed by atoms with Gasteiger partial charge in [0.2, 0.25) is 5.91 Å². The van der Waals surface area contributed by atoms with E-state index in [4.69, 9.17) is 4.74 Å². The van der Waals surface area contributed by atoms with Crippen LogP contribution in [0.15, 0.2) is 0 Å². The van der Waals surface area contributed by atoms with E-state index >= 15 is 0 Å². The van der Waals surface area contributed by atoms with Gasteiger partial charge in [-0.15, -0.1) is 12.4 Å². The summed E-state index contributed by atoms with van der Waals surface area (Å²) in [7, 11) is 0. The minimum Gasteiger partial charge on any atom is -0.366 e. The van der Waals surface area contributed by atoms with Crippen LogP contribution in [0.5, 0.6) is 0 Å². The summed E-state index contributed by atoms with van der Waals surface area (Å²) in [5, 5.41) is 8.79. The standard InChI is InChI=1S/C15H27N3O3.ClH/c19-14(10-12-4-2-1-3-5-12)17-6-7-18-15(20)13-11-16-8-9-21-13;/h12-13,16H,1-11H2,(H,17,19)(H,18,20);1H. The monoisotopic (exact) mass is 333 g/mol. The molecule has 0 aromatic carbocycles. The number of hydrogen-bond acceptors (Lipinski definition) is 4. The molecule has 7 heteroatoms. The maximum absolute atomic E-state index is 11.8. The van der Waals surface area contributed by atoms with E-state index in [2.05, 4.69) is 16.0 Å². The van der Waals surface area contributed by atoms with Gasteiger partial charge >= 0.3 is 0 Å². The topological polar surface area (TPSA) is 79.5 Å². The number of amides is 2. The SMILES string of the molecule is Cl.O=C(CC1CCCCC1)NCCNC(=O)C1CNCCO1. The summed E-state index contributed by atoms with van der Waals surface area (Å²) < 4.78 is 5.36. The Morgan fingerprint density at radius 1 is 1.09 bits per heavy atom. The third-order valence-corrected chi connectivity index (χ3v) is 4.17. The first-order valence-corrected chi connectivity index (χ1v) is 8.12. The molecule has 1 aliphatic carbocycles. The minimum atomic E-state index is -0.406. The van der Waals surface area contributed by atoms with Gasteiger partial charge in [-0.2, -0.15) is 0 Å². The Hall–Kier alpha value is -0.850. The van der Waals surface area contributed by atoms with Crippen molar-refractivity contribution < 1.29 is 14.3 Å². The van der Waals surface area contributed by atoms with Crippen molar-refractivity contribution in [3.63, 3.8) is 0 Å². The lowest BCUT2D eigenvalue weighted by atomic mass is 9.87. The molecule has 1 saturated carbocycles. The number of hydrogen-bond donors (Lipinski definition) is 3. The fourth-order valence-electron chi connectivity index (χ4n) is 2.96. The number of carbonyl (C=O) groups excluding carboxylic acids is 2. The Kier molecular flexibility index (Phi) is 9.43. The summed E-state index contributed by atoms with van der Waals surface area (Å²) in [6, 6.07) is 0. The van der Waals surface area contributed by atoms with Crippen LogP contribution in [0.4, 0.5) is 0 Å². The molecule has 22 heavy (non-hydrogen) atoms. The number of nitrogens with one attached hydrogen (secondary N) is 3. The van der Waals surface area contributed by atoms with Crippen molar-refractivity contribution in [1.29, 1.82) is 0 Å². The molecule has 1 unspecified atom stereocenters. The van der Waals surface area contributed by atoms with E-state index in [0.29, 0.717) is 38.6 Å². The van der Waals surface area contributed by atoms with E-state index < -0.39 is 6.10 Å². The third kappa shape index (κ3) is 6.94. The molecule has 128 valence electrons. The van der Waals surface area contributed by atoms with Crippen molar-refractivity contribution in [2.45, 2.75) is 44.6 Å². The van der Waals surface area contributed by atoms with E-state index in [-0.39, 0.29) is 24.2 Å². The molecule has 1 saturated heterocycles. The smallest absolute Gasteiger partial charge is 0.250 e. The predicted octanol–water partition coefficient (Wildman–Crippen LogP) is 0.599. The van der Waals surface area contributed by atoms with Crippen molar-refractivity contribution in [2.24, 2.45) is 5.92 Å². The Balaban J connectivity index is 0.00000242. The van der Waals surface area contributed by atoms with Crippen LogP contribution in [0.1, 0.15) is 38.5 Å². The fraction of sp³-hybridized carbons (Fsp3) is 0.867. The maximum Gasteiger partial charge on any atom is 0.250 e. The lowest BCUT2D eigenvalue weighted by Crippen LogP contribution is -2.49. The van der Waals surface area contributed by atoms with Gasteiger partial charge in [0.1, 0.15) is 6.10 Å². The summed E-state index contributed by atoms with van der Waals surface area (Å²) in [5.74, 6) is 0.547. The van der Waals surface area contributed by atoms with E-state index in [9.17, 15) is 9.59 Å². The number of ether oxygens (including phenoxy) is 1. The molecule has 3 N–H and O–H groups in total. The fourth-order valence-corrected chi connectivity index (χ4v) is 2.96. The van der Waals surface area contributed by atoms with Crippen molar-refractivity contribution in [1.82, 2.24) is 16.0 Å². The number of morpholine rings is 1. The predicted molar refractivity (Wildman–Crippen MR) is 87.1 cm³/mol. The van der Waals surface area contributed by atoms with Crippen LogP contribution in [-0.4, -0.2) is 50.7 Å². The lowest BCUT2D eigenvalue weighted by molar-refractivity contribution is -0.134. The molecule has 2 amide bonds. The van der Waals surface area contributed by atoms with E-state index in [1.807, 2.05) is 0 Å². The zero-order chi connectivity index (χ0) is 14.9. The molecule has 2 fully saturated rings. The van der Waals surface area contributed by atoms with Gasteiger partial charge in [0, 0.05) is 32.6 Å². The lowest BCUT2D eigenvalue weighted by Gasteiger charge is -2.23. The molecular formula is C15H28ClN3O3. The normalized spacial score (nSPS) is 22.5. The zero-order valence-corrected chi connectivity index (χ0v) is 13.9. The third-order valence-electron chi connectivity index (χ3n) is 4.17. The molecule has 2 rings (SSSR count). The first-order valence-electron chi connectivity index (χ1n) is 8.12. The van der Waals surface area contributed by atoms with Crippen molar-refractivity contribution in [3.05, 3.63) is 0 Å². The van der Waals surface area contributed by atoms with Crippen LogP contribution >= 0.6 is 12.4 Å². The highest BCUT2D eigenvalue weighted by molar-refractivity contribution is 5.85. The highest BCUT2D eigenvalue weighted by Gasteiger charge is 2.21. The first kappa shape index (κ1) is 19.2. The Morgan fingerprint density at radius 3 is 2.50 bits per heavy atom. The first-order chi connectivity index (χ1) is 10.3. The van der Waals surface area contributed by atoms with Crippen LogP contribution in [0.3, 0.4) is 0 Å². The van der Waals surface area contributed by atoms with Crippen LogP contribution < -0.4 is 16.0 Å². The van der Waals surface area contributed by atoms with Gasteiger partial charge in [-0.1, -0.05) is 19.3 Å². The molecule has 0 spiro atoms. The molecule has 0 aromatic rings. The van der Waals surface area contributed by atoms with Crippen LogP contribution in [0.2, 0.25) is 0 Å². The second kappa shape index (κ2) is 10.8. The van der Waals surface area contributed by atoms with E-state index in [1.165, 1.54) is 32.1 Å². The van der Waals surface area contributed by atoms with Gasteiger partial charge < -0.3 is 20.7 Å². The highest BCUT2D eigenvalue weighted by atomic mass is 35.5. The van der Waals surface area contributed by atoms with Crippen molar-refractivity contribution in [3.8, 4) is 0 Å². The summed E-state index contributed by atoms with van der Waals surface area (Å²) in [4.78, 5) is 23.6. The average Bonchev–Trinajstić information content (AvgIpc) is 2.53. The van der Waals surface area contributed by atoms with Gasteiger partial charge in [0.05, 0.1) is 6.61 Å². The van der Waals surface area contributed by atoms with Gasteiger partial charge in [0.15, 0.2) is 0 Å². The van der Waals surface area contributed by atoms with Crippen molar-refractivity contribution in [2.75, 3.05) is 32.8 Å². The van der Waals surface area contributed by atoms with Crippen LogP contribution in [0, 0.1) is 5.92 Å². The quantitative estimate of drug-likeness (QED) is 0.622. The number of carbonyl (C=O) groups is 2. The molecule has 0 bridgehead atoms. The Bertz CT molecular complexity index is 343. The zero-order valence-electron chi connectivity index (χ0n) is 13.1. The maximum atomic E-state index is 11.8.